The number of rotatable bonds is 3. The summed E-state index contributed by atoms with van der Waals surface area (Å²) in [5, 5.41) is 1.26. The maximum atomic E-state index is 12.6. The average molecular weight is 357 g/mol. The van der Waals surface area contributed by atoms with Gasteiger partial charge in [-0.2, -0.15) is 13.2 Å². The highest BCUT2D eigenvalue weighted by Gasteiger charge is 2.31. The number of benzene rings is 1. The summed E-state index contributed by atoms with van der Waals surface area (Å²) in [7, 11) is -4.04. The van der Waals surface area contributed by atoms with Crippen molar-refractivity contribution in [2.24, 2.45) is 0 Å². The van der Waals surface area contributed by atoms with Gasteiger partial charge in [-0.15, -0.1) is 11.3 Å². The fourth-order valence-corrected chi connectivity index (χ4v) is 3.82. The lowest BCUT2D eigenvalue weighted by molar-refractivity contribution is -0.137. The molecule has 2 aromatic rings. The van der Waals surface area contributed by atoms with E-state index in [1.54, 1.807) is 0 Å². The predicted molar refractivity (Wildman–Crippen MR) is 76.0 cm³/mol. The molecule has 3 N–H and O–H groups in total. The van der Waals surface area contributed by atoms with Gasteiger partial charge in [0, 0.05) is 11.1 Å². The van der Waals surface area contributed by atoms with E-state index >= 15 is 0 Å². The van der Waals surface area contributed by atoms with Crippen molar-refractivity contribution >= 4 is 44.3 Å². The van der Waals surface area contributed by atoms with Gasteiger partial charge in [0.25, 0.3) is 10.0 Å². The van der Waals surface area contributed by atoms with E-state index in [2.05, 4.69) is 0 Å². The first-order valence-corrected chi connectivity index (χ1v) is 8.07. The molecule has 0 amide bonds. The van der Waals surface area contributed by atoms with E-state index in [1.807, 2.05) is 4.72 Å². The average Bonchev–Trinajstić information content (AvgIpc) is 2.78. The van der Waals surface area contributed by atoms with Crippen LogP contribution in [0.25, 0.3) is 0 Å². The van der Waals surface area contributed by atoms with Crippen LogP contribution >= 0.6 is 22.9 Å². The minimum absolute atomic E-state index is 0.117. The van der Waals surface area contributed by atoms with Crippen molar-refractivity contribution in [3.63, 3.8) is 0 Å². The van der Waals surface area contributed by atoms with Crippen LogP contribution in [-0.2, 0) is 16.2 Å². The van der Waals surface area contributed by atoms with Crippen molar-refractivity contribution in [1.29, 1.82) is 0 Å². The number of hydrogen-bond acceptors (Lipinski definition) is 4. The van der Waals surface area contributed by atoms with E-state index in [0.29, 0.717) is 6.07 Å². The van der Waals surface area contributed by atoms with Gasteiger partial charge in [-0.25, -0.2) is 8.42 Å². The summed E-state index contributed by atoms with van der Waals surface area (Å²) in [6.07, 6.45) is -4.60. The molecule has 0 bridgehead atoms. The molecule has 0 unspecified atom stereocenters. The maximum Gasteiger partial charge on any atom is 0.416 e. The lowest BCUT2D eigenvalue weighted by Crippen LogP contribution is -2.13. The van der Waals surface area contributed by atoms with Gasteiger partial charge in [0.2, 0.25) is 0 Å². The molecular formula is C11H8ClF3N2O2S2. The third-order valence-corrected chi connectivity index (χ3v) is 5.55. The number of nitrogens with one attached hydrogen (secondary N) is 1. The molecule has 10 heteroatoms. The van der Waals surface area contributed by atoms with E-state index in [4.69, 9.17) is 17.3 Å². The summed E-state index contributed by atoms with van der Waals surface area (Å²) < 4.78 is 63.8. The molecule has 0 aliphatic heterocycles. The third-order valence-electron chi connectivity index (χ3n) is 2.40. The van der Waals surface area contributed by atoms with Gasteiger partial charge >= 0.3 is 6.18 Å². The summed E-state index contributed by atoms with van der Waals surface area (Å²) in [6, 6.07) is 3.58. The second-order valence-corrected chi connectivity index (χ2v) is 7.22. The summed E-state index contributed by atoms with van der Waals surface area (Å²) in [5.74, 6) is 0. The number of sulfonamides is 1. The first-order chi connectivity index (χ1) is 9.59. The SMILES string of the molecule is Nc1csc(S(=O)(=O)Nc2cc(C(F)(F)F)ccc2Cl)c1. The lowest BCUT2D eigenvalue weighted by Gasteiger charge is -2.12. The van der Waals surface area contributed by atoms with Crippen LogP contribution in [0.1, 0.15) is 5.56 Å². The van der Waals surface area contributed by atoms with Gasteiger partial charge in [-0.1, -0.05) is 11.6 Å². The molecular weight excluding hydrogens is 349 g/mol. The smallest absolute Gasteiger partial charge is 0.398 e. The highest BCUT2D eigenvalue weighted by molar-refractivity contribution is 7.94. The Hall–Kier alpha value is -1.45. The zero-order chi connectivity index (χ0) is 15.8. The Morgan fingerprint density at radius 1 is 1.24 bits per heavy atom. The van der Waals surface area contributed by atoms with Crippen LogP contribution in [0.2, 0.25) is 5.02 Å². The van der Waals surface area contributed by atoms with Crippen LogP contribution in [0.5, 0.6) is 0 Å². The number of anilines is 2. The summed E-state index contributed by atoms with van der Waals surface area (Å²) in [5.41, 5.74) is 4.32. The largest absolute Gasteiger partial charge is 0.416 e. The first-order valence-electron chi connectivity index (χ1n) is 5.33. The molecule has 0 atom stereocenters. The van der Waals surface area contributed by atoms with Crippen molar-refractivity contribution in [3.05, 3.63) is 40.2 Å². The van der Waals surface area contributed by atoms with Gasteiger partial charge in [0.05, 0.1) is 16.3 Å². The van der Waals surface area contributed by atoms with E-state index in [-0.39, 0.29) is 20.6 Å². The molecule has 0 saturated carbocycles. The van der Waals surface area contributed by atoms with Crippen LogP contribution in [-0.4, -0.2) is 8.42 Å². The molecule has 0 fully saturated rings. The van der Waals surface area contributed by atoms with Crippen LogP contribution < -0.4 is 10.5 Å². The van der Waals surface area contributed by atoms with Gasteiger partial charge in [0.1, 0.15) is 4.21 Å². The van der Waals surface area contributed by atoms with E-state index in [1.165, 1.54) is 11.4 Å². The Morgan fingerprint density at radius 2 is 1.90 bits per heavy atom. The van der Waals surface area contributed by atoms with Crippen molar-refractivity contribution in [1.82, 2.24) is 0 Å². The quantitative estimate of drug-likeness (QED) is 0.878. The van der Waals surface area contributed by atoms with E-state index < -0.39 is 21.8 Å². The number of halogens is 4. The minimum atomic E-state index is -4.60. The minimum Gasteiger partial charge on any atom is -0.398 e. The van der Waals surface area contributed by atoms with Crippen LogP contribution in [0.3, 0.4) is 0 Å². The topological polar surface area (TPSA) is 72.2 Å². The third kappa shape index (κ3) is 3.60. The number of nitrogens with two attached hydrogens (primary N) is 1. The Labute approximate surface area is 127 Å². The van der Waals surface area contributed by atoms with Crippen molar-refractivity contribution in [2.45, 2.75) is 10.4 Å². The number of thiophene rings is 1. The molecule has 1 aromatic heterocycles. The molecule has 114 valence electrons. The highest BCUT2D eigenvalue weighted by atomic mass is 35.5. The van der Waals surface area contributed by atoms with E-state index in [9.17, 15) is 21.6 Å². The summed E-state index contributed by atoms with van der Waals surface area (Å²) >= 11 is 6.58. The molecule has 21 heavy (non-hydrogen) atoms. The van der Waals surface area contributed by atoms with Crippen molar-refractivity contribution in [3.8, 4) is 0 Å². The van der Waals surface area contributed by atoms with Gasteiger partial charge in [0.15, 0.2) is 0 Å². The van der Waals surface area contributed by atoms with Gasteiger partial charge in [-0.05, 0) is 24.3 Å². The zero-order valence-electron chi connectivity index (χ0n) is 10.1. The standard InChI is InChI=1S/C11H8ClF3N2O2S2/c12-8-2-1-6(11(13,14)15)3-9(8)17-21(18,19)10-4-7(16)5-20-10/h1-5,17H,16H2. The Bertz CT molecular complexity index is 772. The molecule has 1 aromatic carbocycles. The van der Waals surface area contributed by atoms with Crippen LogP contribution in [0.4, 0.5) is 24.5 Å². The normalized spacial score (nSPS) is 12.4. The lowest BCUT2D eigenvalue weighted by atomic mass is 10.2. The Kier molecular flexibility index (Phi) is 4.09. The van der Waals surface area contributed by atoms with Crippen LogP contribution in [0.15, 0.2) is 33.9 Å². The second-order valence-electron chi connectivity index (χ2n) is 4.00. The Balaban J connectivity index is 2.39. The predicted octanol–water partition coefficient (Wildman–Crippen LogP) is 3.80. The number of nitrogen functional groups attached to an aromatic ring is 1. The molecule has 0 aliphatic carbocycles. The molecule has 0 spiro atoms. The fraction of sp³-hybridized carbons (Fsp3) is 0.0909. The summed E-state index contributed by atoms with van der Waals surface area (Å²) in [6.45, 7) is 0. The first kappa shape index (κ1) is 15.9. The molecule has 1 heterocycles. The highest BCUT2D eigenvalue weighted by Crippen LogP contribution is 2.35. The molecule has 4 nitrogen and oxygen atoms in total. The van der Waals surface area contributed by atoms with Crippen molar-refractivity contribution in [2.75, 3.05) is 10.5 Å². The van der Waals surface area contributed by atoms with Gasteiger partial charge in [-0.3, -0.25) is 4.72 Å². The zero-order valence-corrected chi connectivity index (χ0v) is 12.5. The van der Waals surface area contributed by atoms with Crippen LogP contribution in [0, 0.1) is 0 Å². The molecule has 0 saturated heterocycles. The van der Waals surface area contributed by atoms with E-state index in [0.717, 1.165) is 23.5 Å². The Morgan fingerprint density at radius 3 is 2.43 bits per heavy atom. The molecule has 0 aliphatic rings. The number of alkyl halides is 3. The second kappa shape index (κ2) is 5.39. The number of hydrogen-bond donors (Lipinski definition) is 2. The van der Waals surface area contributed by atoms with Gasteiger partial charge < -0.3 is 5.73 Å². The maximum absolute atomic E-state index is 12.6. The molecule has 0 radical (unpaired) electrons. The fourth-order valence-electron chi connectivity index (χ4n) is 1.45. The van der Waals surface area contributed by atoms with Crippen molar-refractivity contribution < 1.29 is 21.6 Å². The monoisotopic (exact) mass is 356 g/mol. The molecule has 2 rings (SSSR count). The summed E-state index contributed by atoms with van der Waals surface area (Å²) in [4.78, 5) is 0.